The van der Waals surface area contributed by atoms with Gasteiger partial charge in [-0.25, -0.2) is 0 Å². The molecule has 0 saturated heterocycles. The van der Waals surface area contributed by atoms with Crippen LogP contribution in [0.15, 0.2) is 48.5 Å². The molecule has 3 rings (SSSR count). The number of hydrogen-bond acceptors (Lipinski definition) is 1. The van der Waals surface area contributed by atoms with Crippen molar-refractivity contribution in [3.05, 3.63) is 69.7 Å². The van der Waals surface area contributed by atoms with Crippen LogP contribution in [0.3, 0.4) is 0 Å². The highest BCUT2D eigenvalue weighted by Crippen LogP contribution is 2.38. The Bertz CT molecular complexity index is 603. The van der Waals surface area contributed by atoms with Crippen LogP contribution in [0, 0.1) is 0 Å². The summed E-state index contributed by atoms with van der Waals surface area (Å²) in [6.07, 6.45) is 2.35. The quantitative estimate of drug-likeness (QED) is 0.774. The highest BCUT2D eigenvalue weighted by molar-refractivity contribution is 6.31. The molecule has 1 N–H and O–H groups in total. The van der Waals surface area contributed by atoms with Gasteiger partial charge in [-0.3, -0.25) is 0 Å². The molecule has 21 heavy (non-hydrogen) atoms. The first-order chi connectivity index (χ1) is 10.1. The lowest BCUT2D eigenvalue weighted by Crippen LogP contribution is -2.41. The topological polar surface area (TPSA) is 12.0 Å². The third-order valence-corrected chi connectivity index (χ3v) is 4.93. The van der Waals surface area contributed by atoms with Gasteiger partial charge in [0.05, 0.1) is 0 Å². The molecule has 3 heteroatoms. The van der Waals surface area contributed by atoms with Crippen molar-refractivity contribution in [2.24, 2.45) is 0 Å². The minimum atomic E-state index is 0.287. The second-order valence-electron chi connectivity index (χ2n) is 5.83. The largest absolute Gasteiger partial charge is 0.307 e. The van der Waals surface area contributed by atoms with Gasteiger partial charge in [-0.1, -0.05) is 53.5 Å². The third kappa shape index (κ3) is 3.42. The van der Waals surface area contributed by atoms with Gasteiger partial charge in [0, 0.05) is 22.1 Å². The maximum absolute atomic E-state index is 6.25. The summed E-state index contributed by atoms with van der Waals surface area (Å²) in [5.41, 5.74) is 2.57. The number of rotatable bonds is 4. The molecule has 1 atom stereocenters. The molecule has 0 radical (unpaired) electrons. The van der Waals surface area contributed by atoms with Gasteiger partial charge in [0.15, 0.2) is 0 Å². The van der Waals surface area contributed by atoms with Crippen molar-refractivity contribution in [2.45, 2.75) is 37.8 Å². The van der Waals surface area contributed by atoms with Crippen LogP contribution in [0.4, 0.5) is 0 Å². The van der Waals surface area contributed by atoms with E-state index in [-0.39, 0.29) is 6.04 Å². The summed E-state index contributed by atoms with van der Waals surface area (Å²) in [6, 6.07) is 17.1. The standard InChI is InChI=1S/C18H19Cl2N/c1-12(17-4-2-3-5-18(17)20)21-16-10-14(11-16)13-6-8-15(19)9-7-13/h2-9,12,14,16,21H,10-11H2,1H3. The highest BCUT2D eigenvalue weighted by atomic mass is 35.5. The second kappa shape index (κ2) is 6.39. The molecule has 2 aromatic rings. The van der Waals surface area contributed by atoms with Crippen molar-refractivity contribution in [1.82, 2.24) is 5.32 Å². The van der Waals surface area contributed by atoms with E-state index in [1.54, 1.807) is 0 Å². The molecule has 1 aliphatic carbocycles. The Balaban J connectivity index is 1.55. The number of hydrogen-bond donors (Lipinski definition) is 1. The minimum Gasteiger partial charge on any atom is -0.307 e. The fourth-order valence-electron chi connectivity index (χ4n) is 3.03. The molecule has 1 aliphatic rings. The Kier molecular flexibility index (Phi) is 4.54. The molecule has 1 saturated carbocycles. The maximum atomic E-state index is 6.25. The average molecular weight is 320 g/mol. The van der Waals surface area contributed by atoms with Crippen molar-refractivity contribution in [2.75, 3.05) is 0 Å². The lowest BCUT2D eigenvalue weighted by Gasteiger charge is -2.38. The second-order valence-corrected chi connectivity index (χ2v) is 6.67. The molecule has 0 heterocycles. The molecule has 2 aromatic carbocycles. The van der Waals surface area contributed by atoms with E-state index in [9.17, 15) is 0 Å². The van der Waals surface area contributed by atoms with E-state index in [0.29, 0.717) is 12.0 Å². The summed E-state index contributed by atoms with van der Waals surface area (Å²) in [6.45, 7) is 2.18. The Labute approximate surface area is 136 Å². The van der Waals surface area contributed by atoms with Gasteiger partial charge in [0.25, 0.3) is 0 Å². The number of nitrogens with one attached hydrogen (secondary N) is 1. The molecule has 0 aliphatic heterocycles. The Morgan fingerprint density at radius 2 is 1.67 bits per heavy atom. The SMILES string of the molecule is CC(NC1CC(c2ccc(Cl)cc2)C1)c1ccccc1Cl. The summed E-state index contributed by atoms with van der Waals surface area (Å²) >= 11 is 12.2. The van der Waals surface area contributed by atoms with Crippen LogP contribution in [0.2, 0.25) is 10.0 Å². The molecule has 110 valence electrons. The third-order valence-electron chi connectivity index (χ3n) is 4.34. The lowest BCUT2D eigenvalue weighted by atomic mass is 9.75. The van der Waals surface area contributed by atoms with Crippen LogP contribution in [-0.2, 0) is 0 Å². The van der Waals surface area contributed by atoms with E-state index >= 15 is 0 Å². The summed E-state index contributed by atoms with van der Waals surface area (Å²) < 4.78 is 0. The molecule has 0 aromatic heterocycles. The van der Waals surface area contributed by atoms with Gasteiger partial charge in [0.1, 0.15) is 0 Å². The fraction of sp³-hybridized carbons (Fsp3) is 0.333. The van der Waals surface area contributed by atoms with E-state index in [2.05, 4.69) is 30.4 Å². The van der Waals surface area contributed by atoms with Crippen molar-refractivity contribution in [3.63, 3.8) is 0 Å². The maximum Gasteiger partial charge on any atom is 0.0453 e. The summed E-state index contributed by atoms with van der Waals surface area (Å²) in [5.74, 6) is 0.651. The Morgan fingerprint density at radius 1 is 1.00 bits per heavy atom. The van der Waals surface area contributed by atoms with Gasteiger partial charge in [-0.15, -0.1) is 0 Å². The van der Waals surface area contributed by atoms with E-state index < -0.39 is 0 Å². The molecular formula is C18H19Cl2N. The lowest BCUT2D eigenvalue weighted by molar-refractivity contribution is 0.271. The first kappa shape index (κ1) is 14.9. The van der Waals surface area contributed by atoms with Crippen LogP contribution >= 0.6 is 23.2 Å². The smallest absolute Gasteiger partial charge is 0.0453 e. The minimum absolute atomic E-state index is 0.287. The van der Waals surface area contributed by atoms with Gasteiger partial charge in [0.2, 0.25) is 0 Å². The monoisotopic (exact) mass is 319 g/mol. The molecule has 0 bridgehead atoms. The van der Waals surface area contributed by atoms with Gasteiger partial charge >= 0.3 is 0 Å². The molecular weight excluding hydrogens is 301 g/mol. The van der Waals surface area contributed by atoms with E-state index in [1.165, 1.54) is 24.0 Å². The van der Waals surface area contributed by atoms with Crippen molar-refractivity contribution in [1.29, 1.82) is 0 Å². The van der Waals surface area contributed by atoms with Gasteiger partial charge in [-0.2, -0.15) is 0 Å². The first-order valence-corrected chi connectivity index (χ1v) is 8.15. The normalized spacial score (nSPS) is 22.6. The summed E-state index contributed by atoms with van der Waals surface area (Å²) in [5, 5.41) is 5.32. The van der Waals surface area contributed by atoms with Crippen LogP contribution in [0.25, 0.3) is 0 Å². The number of benzene rings is 2. The highest BCUT2D eigenvalue weighted by Gasteiger charge is 2.31. The zero-order valence-electron chi connectivity index (χ0n) is 12.0. The molecule has 0 amide bonds. The first-order valence-electron chi connectivity index (χ1n) is 7.39. The van der Waals surface area contributed by atoms with Crippen LogP contribution in [-0.4, -0.2) is 6.04 Å². The molecule has 0 spiro atoms. The zero-order valence-corrected chi connectivity index (χ0v) is 13.5. The van der Waals surface area contributed by atoms with Crippen molar-refractivity contribution >= 4 is 23.2 Å². The van der Waals surface area contributed by atoms with E-state index in [1.807, 2.05) is 30.3 Å². The van der Waals surface area contributed by atoms with Crippen LogP contribution in [0.1, 0.15) is 42.9 Å². The molecule has 1 fully saturated rings. The zero-order chi connectivity index (χ0) is 14.8. The Morgan fingerprint density at radius 3 is 2.33 bits per heavy atom. The van der Waals surface area contributed by atoms with Crippen molar-refractivity contribution < 1.29 is 0 Å². The number of halogens is 2. The fourth-order valence-corrected chi connectivity index (χ4v) is 3.46. The summed E-state index contributed by atoms with van der Waals surface area (Å²) in [7, 11) is 0. The van der Waals surface area contributed by atoms with Crippen LogP contribution in [0.5, 0.6) is 0 Å². The van der Waals surface area contributed by atoms with Gasteiger partial charge in [-0.05, 0) is 55.0 Å². The predicted molar refractivity (Wildman–Crippen MR) is 90.2 cm³/mol. The molecule has 1 unspecified atom stereocenters. The van der Waals surface area contributed by atoms with Crippen molar-refractivity contribution in [3.8, 4) is 0 Å². The predicted octanol–water partition coefficient (Wildman–Crippen LogP) is 5.59. The van der Waals surface area contributed by atoms with Crippen LogP contribution < -0.4 is 5.32 Å². The molecule has 1 nitrogen and oxygen atoms in total. The average Bonchev–Trinajstić information content (AvgIpc) is 2.44. The van der Waals surface area contributed by atoms with E-state index in [4.69, 9.17) is 23.2 Å². The van der Waals surface area contributed by atoms with E-state index in [0.717, 1.165) is 10.0 Å². The van der Waals surface area contributed by atoms with Gasteiger partial charge < -0.3 is 5.32 Å². The summed E-state index contributed by atoms with van der Waals surface area (Å²) in [4.78, 5) is 0. The Hall–Kier alpha value is -1.02.